The number of nitrogens with zero attached hydrogens (tertiary/aromatic N) is 1. The van der Waals surface area contributed by atoms with Gasteiger partial charge in [-0.25, -0.2) is 0 Å². The van der Waals surface area contributed by atoms with E-state index >= 15 is 0 Å². The van der Waals surface area contributed by atoms with Crippen molar-refractivity contribution < 1.29 is 4.74 Å². The monoisotopic (exact) mass is 260 g/mol. The molecule has 1 aromatic carbocycles. The van der Waals surface area contributed by atoms with Gasteiger partial charge in [-0.05, 0) is 43.7 Å². The fourth-order valence-corrected chi connectivity index (χ4v) is 3.85. The van der Waals surface area contributed by atoms with Crippen molar-refractivity contribution in [2.45, 2.75) is 44.6 Å². The molecule has 0 unspecified atom stereocenters. The number of anilines is 2. The molecule has 3 rings (SSSR count). The van der Waals surface area contributed by atoms with E-state index < -0.39 is 0 Å². The first-order chi connectivity index (χ1) is 9.29. The Labute approximate surface area is 115 Å². The first-order valence-corrected chi connectivity index (χ1v) is 7.50. The van der Waals surface area contributed by atoms with E-state index in [2.05, 4.69) is 11.0 Å². The van der Waals surface area contributed by atoms with Gasteiger partial charge in [-0.15, -0.1) is 0 Å². The highest BCUT2D eigenvalue weighted by atomic mass is 16.5. The first-order valence-electron chi connectivity index (χ1n) is 7.50. The van der Waals surface area contributed by atoms with Crippen LogP contribution in [0.5, 0.6) is 5.75 Å². The van der Waals surface area contributed by atoms with E-state index in [1.807, 2.05) is 12.1 Å². The molecule has 1 aliphatic heterocycles. The van der Waals surface area contributed by atoms with E-state index in [9.17, 15) is 0 Å². The van der Waals surface area contributed by atoms with Gasteiger partial charge in [0.05, 0.1) is 18.5 Å². The third-order valence-electron chi connectivity index (χ3n) is 4.79. The van der Waals surface area contributed by atoms with Gasteiger partial charge in [0.2, 0.25) is 0 Å². The van der Waals surface area contributed by atoms with Gasteiger partial charge in [-0.3, -0.25) is 0 Å². The fourth-order valence-electron chi connectivity index (χ4n) is 3.85. The Balaban J connectivity index is 1.87. The highest BCUT2D eigenvalue weighted by molar-refractivity contribution is 5.70. The molecule has 2 fully saturated rings. The van der Waals surface area contributed by atoms with Gasteiger partial charge in [-0.1, -0.05) is 12.8 Å². The van der Waals surface area contributed by atoms with Crippen molar-refractivity contribution in [3.63, 3.8) is 0 Å². The van der Waals surface area contributed by atoms with Crippen molar-refractivity contribution in [1.82, 2.24) is 0 Å². The second-order valence-electron chi connectivity index (χ2n) is 5.87. The average Bonchev–Trinajstić information content (AvgIpc) is 2.46. The number of hydrogen-bond acceptors (Lipinski definition) is 3. The number of hydrogen-bond donors (Lipinski definition) is 1. The van der Waals surface area contributed by atoms with Crippen molar-refractivity contribution >= 4 is 11.4 Å². The van der Waals surface area contributed by atoms with Gasteiger partial charge in [0, 0.05) is 18.7 Å². The Morgan fingerprint density at radius 2 is 1.95 bits per heavy atom. The Hall–Kier alpha value is -1.38. The number of nitrogens with two attached hydrogens (primary N) is 1. The van der Waals surface area contributed by atoms with Crippen LogP contribution in [-0.2, 0) is 0 Å². The summed E-state index contributed by atoms with van der Waals surface area (Å²) in [6.07, 6.45) is 8.21. The summed E-state index contributed by atoms with van der Waals surface area (Å²) in [4.78, 5) is 2.56. The summed E-state index contributed by atoms with van der Waals surface area (Å²) in [6.45, 7) is 1.15. The molecule has 0 amide bonds. The van der Waals surface area contributed by atoms with Gasteiger partial charge in [0.25, 0.3) is 0 Å². The molecule has 2 N–H and O–H groups in total. The lowest BCUT2D eigenvalue weighted by Crippen LogP contribution is -2.47. The molecule has 1 heterocycles. The van der Waals surface area contributed by atoms with E-state index in [-0.39, 0.29) is 0 Å². The first kappa shape index (κ1) is 12.6. The van der Waals surface area contributed by atoms with Crippen LogP contribution >= 0.6 is 0 Å². The zero-order chi connectivity index (χ0) is 13.2. The predicted octanol–water partition coefficient (Wildman–Crippen LogP) is 3.44. The quantitative estimate of drug-likeness (QED) is 0.828. The largest absolute Gasteiger partial charge is 0.497 e. The summed E-state index contributed by atoms with van der Waals surface area (Å²) in [5, 5.41) is 0. The molecular weight excluding hydrogens is 236 g/mol. The zero-order valence-corrected chi connectivity index (χ0v) is 11.8. The lowest BCUT2D eigenvalue weighted by molar-refractivity contribution is 0.244. The SMILES string of the molecule is COc1ccc(N2CCC[C@H]3CCCC[C@H]32)c(N)c1. The van der Waals surface area contributed by atoms with Crippen LogP contribution in [0.2, 0.25) is 0 Å². The molecule has 19 heavy (non-hydrogen) atoms. The normalized spacial score (nSPS) is 26.9. The third kappa shape index (κ3) is 2.38. The second-order valence-corrected chi connectivity index (χ2v) is 5.87. The van der Waals surface area contributed by atoms with Gasteiger partial charge < -0.3 is 15.4 Å². The number of benzene rings is 1. The molecule has 3 nitrogen and oxygen atoms in total. The van der Waals surface area contributed by atoms with E-state index in [1.165, 1.54) is 44.2 Å². The van der Waals surface area contributed by atoms with Crippen LogP contribution in [0, 0.1) is 5.92 Å². The molecule has 0 bridgehead atoms. The summed E-state index contributed by atoms with van der Waals surface area (Å²) in [6, 6.07) is 6.81. The molecule has 1 saturated carbocycles. The van der Waals surface area contributed by atoms with Crippen LogP contribution in [0.3, 0.4) is 0 Å². The van der Waals surface area contributed by atoms with Crippen LogP contribution in [-0.4, -0.2) is 19.7 Å². The van der Waals surface area contributed by atoms with Crippen LogP contribution in [0.15, 0.2) is 18.2 Å². The maximum absolute atomic E-state index is 6.23. The van der Waals surface area contributed by atoms with Crippen molar-refractivity contribution in [3.05, 3.63) is 18.2 Å². The topological polar surface area (TPSA) is 38.5 Å². The maximum atomic E-state index is 6.23. The smallest absolute Gasteiger partial charge is 0.121 e. The summed E-state index contributed by atoms with van der Waals surface area (Å²) < 4.78 is 5.25. The van der Waals surface area contributed by atoms with Gasteiger partial charge >= 0.3 is 0 Å². The van der Waals surface area contributed by atoms with Crippen molar-refractivity contribution in [1.29, 1.82) is 0 Å². The van der Waals surface area contributed by atoms with Gasteiger partial charge in [0.15, 0.2) is 0 Å². The number of piperidine rings is 1. The Bertz CT molecular complexity index is 444. The summed E-state index contributed by atoms with van der Waals surface area (Å²) in [7, 11) is 1.69. The number of nitrogen functional groups attached to an aromatic ring is 1. The van der Waals surface area contributed by atoms with Crippen LogP contribution < -0.4 is 15.4 Å². The maximum Gasteiger partial charge on any atom is 0.121 e. The lowest BCUT2D eigenvalue weighted by atomic mass is 9.78. The molecule has 1 saturated heterocycles. The minimum absolute atomic E-state index is 0.707. The van der Waals surface area contributed by atoms with Crippen molar-refractivity contribution in [2.24, 2.45) is 5.92 Å². The Morgan fingerprint density at radius 3 is 2.74 bits per heavy atom. The molecule has 2 atom stereocenters. The third-order valence-corrected chi connectivity index (χ3v) is 4.79. The minimum Gasteiger partial charge on any atom is -0.497 e. The highest BCUT2D eigenvalue weighted by Gasteiger charge is 2.33. The van der Waals surface area contributed by atoms with Gasteiger partial charge in [0.1, 0.15) is 5.75 Å². The molecule has 0 radical (unpaired) electrons. The molecule has 1 aliphatic carbocycles. The number of rotatable bonds is 2. The Morgan fingerprint density at radius 1 is 1.16 bits per heavy atom. The minimum atomic E-state index is 0.707. The molecule has 1 aromatic rings. The molecule has 3 heteroatoms. The van der Waals surface area contributed by atoms with Gasteiger partial charge in [-0.2, -0.15) is 0 Å². The average molecular weight is 260 g/mol. The van der Waals surface area contributed by atoms with Crippen LogP contribution in [0.25, 0.3) is 0 Å². The highest BCUT2D eigenvalue weighted by Crippen LogP contribution is 2.40. The predicted molar refractivity (Wildman–Crippen MR) is 79.7 cm³/mol. The van der Waals surface area contributed by atoms with E-state index in [0.29, 0.717) is 6.04 Å². The lowest BCUT2D eigenvalue weighted by Gasteiger charge is -2.45. The molecule has 0 aromatic heterocycles. The standard InChI is InChI=1S/C16H24N2O/c1-19-13-8-9-16(14(17)11-13)18-10-4-6-12-5-2-3-7-15(12)18/h8-9,11-12,15H,2-7,10,17H2,1H3/t12-,15-/m1/s1. The Kier molecular flexibility index (Phi) is 3.54. The summed E-state index contributed by atoms with van der Waals surface area (Å²) in [5.41, 5.74) is 8.29. The fraction of sp³-hybridized carbons (Fsp3) is 0.625. The number of fused-ring (bicyclic) bond motifs is 1. The molecular formula is C16H24N2O. The second kappa shape index (κ2) is 5.32. The number of methoxy groups -OCH3 is 1. The molecule has 0 spiro atoms. The van der Waals surface area contributed by atoms with Crippen molar-refractivity contribution in [3.8, 4) is 5.75 Å². The van der Waals surface area contributed by atoms with Crippen LogP contribution in [0.4, 0.5) is 11.4 Å². The van der Waals surface area contributed by atoms with E-state index in [4.69, 9.17) is 10.5 Å². The van der Waals surface area contributed by atoms with E-state index in [1.54, 1.807) is 7.11 Å². The van der Waals surface area contributed by atoms with Crippen molar-refractivity contribution in [2.75, 3.05) is 24.3 Å². The number of ether oxygens (including phenoxy) is 1. The summed E-state index contributed by atoms with van der Waals surface area (Å²) >= 11 is 0. The molecule has 2 aliphatic rings. The van der Waals surface area contributed by atoms with E-state index in [0.717, 1.165) is 23.9 Å². The summed E-state index contributed by atoms with van der Waals surface area (Å²) in [5.74, 6) is 1.72. The van der Waals surface area contributed by atoms with Crippen LogP contribution in [0.1, 0.15) is 38.5 Å². The molecule has 104 valence electrons. The zero-order valence-electron chi connectivity index (χ0n) is 11.8.